The van der Waals surface area contributed by atoms with Gasteiger partial charge in [0.05, 0.1) is 16.7 Å². The van der Waals surface area contributed by atoms with Crippen molar-refractivity contribution in [2.75, 3.05) is 0 Å². The lowest BCUT2D eigenvalue weighted by Gasteiger charge is -2.20. The molecular weight excluding hydrogens is 282 g/mol. The Bertz CT molecular complexity index is 651. The fraction of sp³-hybridized carbons (Fsp3) is 0.417. The maximum absolute atomic E-state index is 12.0. The summed E-state index contributed by atoms with van der Waals surface area (Å²) in [6, 6.07) is 7.50. The molecule has 0 amide bonds. The number of benzene rings is 1. The molecule has 1 rings (SSSR count). The quantitative estimate of drug-likeness (QED) is 0.634. The molecule has 0 saturated carbocycles. The summed E-state index contributed by atoms with van der Waals surface area (Å²) in [6.45, 7) is 3.14. The van der Waals surface area contributed by atoms with E-state index < -0.39 is 26.2 Å². The van der Waals surface area contributed by atoms with Crippen LogP contribution in [0.25, 0.3) is 0 Å². The monoisotopic (exact) mass is 297 g/mol. The Balaban J connectivity index is 3.05. The van der Waals surface area contributed by atoms with E-state index in [0.29, 0.717) is 6.42 Å². The van der Waals surface area contributed by atoms with E-state index in [1.54, 1.807) is 6.92 Å². The van der Waals surface area contributed by atoms with E-state index in [-0.39, 0.29) is 11.3 Å². The maximum atomic E-state index is 12.0. The standard InChI is InChI=1S/C12H15N3O4S/c1-3-12(2,9-13)14-20(18,19)8-10-6-4-5-7-11(10)15(16)17/h4-7,14H,3,8H2,1-2H3. The van der Waals surface area contributed by atoms with E-state index in [9.17, 15) is 18.5 Å². The number of nitrogens with zero attached hydrogens (tertiary/aromatic N) is 2. The maximum Gasteiger partial charge on any atom is 0.273 e. The van der Waals surface area contributed by atoms with Gasteiger partial charge in [-0.25, -0.2) is 8.42 Å². The van der Waals surface area contributed by atoms with Crippen molar-refractivity contribution in [2.24, 2.45) is 0 Å². The highest BCUT2D eigenvalue weighted by atomic mass is 32.2. The van der Waals surface area contributed by atoms with Gasteiger partial charge in [0.25, 0.3) is 5.69 Å². The second-order valence-electron chi connectivity index (χ2n) is 4.54. The van der Waals surface area contributed by atoms with E-state index in [0.717, 1.165) is 0 Å². The van der Waals surface area contributed by atoms with Gasteiger partial charge in [0.2, 0.25) is 10.0 Å². The SMILES string of the molecule is CCC(C)(C#N)NS(=O)(=O)Cc1ccccc1[N+](=O)[O-]. The van der Waals surface area contributed by atoms with Crippen LogP contribution in [0.5, 0.6) is 0 Å². The van der Waals surface area contributed by atoms with Crippen molar-refractivity contribution in [2.45, 2.75) is 31.6 Å². The van der Waals surface area contributed by atoms with Gasteiger partial charge in [0.1, 0.15) is 5.54 Å². The van der Waals surface area contributed by atoms with Crippen LogP contribution in [-0.2, 0) is 15.8 Å². The molecule has 1 atom stereocenters. The second kappa shape index (κ2) is 5.98. The van der Waals surface area contributed by atoms with Crippen LogP contribution in [0, 0.1) is 21.4 Å². The smallest absolute Gasteiger partial charge is 0.258 e. The van der Waals surface area contributed by atoms with Crippen molar-refractivity contribution < 1.29 is 13.3 Å². The van der Waals surface area contributed by atoms with Gasteiger partial charge in [0.15, 0.2) is 0 Å². The molecular formula is C12H15N3O4S. The molecule has 0 aliphatic heterocycles. The summed E-state index contributed by atoms with van der Waals surface area (Å²) < 4.78 is 26.3. The molecule has 0 aromatic heterocycles. The average molecular weight is 297 g/mol. The average Bonchev–Trinajstić information content (AvgIpc) is 2.37. The zero-order valence-corrected chi connectivity index (χ0v) is 12.0. The van der Waals surface area contributed by atoms with Crippen molar-refractivity contribution in [3.8, 4) is 6.07 Å². The minimum absolute atomic E-state index is 0.0846. The first kappa shape index (κ1) is 16.1. The van der Waals surface area contributed by atoms with Gasteiger partial charge in [-0.3, -0.25) is 10.1 Å². The molecule has 1 N–H and O–H groups in total. The van der Waals surface area contributed by atoms with Gasteiger partial charge >= 0.3 is 0 Å². The summed E-state index contributed by atoms with van der Waals surface area (Å²) in [7, 11) is -3.85. The first-order valence-electron chi connectivity index (χ1n) is 5.88. The molecule has 0 aliphatic rings. The van der Waals surface area contributed by atoms with Gasteiger partial charge in [-0.2, -0.15) is 9.98 Å². The molecule has 0 radical (unpaired) electrons. The third kappa shape index (κ3) is 4.01. The van der Waals surface area contributed by atoms with E-state index in [4.69, 9.17) is 5.26 Å². The minimum Gasteiger partial charge on any atom is -0.258 e. The summed E-state index contributed by atoms with van der Waals surface area (Å²) in [5, 5.41) is 19.8. The van der Waals surface area contributed by atoms with Crippen molar-refractivity contribution in [1.29, 1.82) is 5.26 Å². The number of rotatable bonds is 6. The molecule has 1 unspecified atom stereocenters. The molecule has 8 heteroatoms. The molecule has 0 aliphatic carbocycles. The van der Waals surface area contributed by atoms with E-state index in [1.807, 2.05) is 6.07 Å². The van der Waals surface area contributed by atoms with E-state index >= 15 is 0 Å². The Morgan fingerprint density at radius 2 is 2.05 bits per heavy atom. The van der Waals surface area contributed by atoms with Crippen LogP contribution >= 0.6 is 0 Å². The van der Waals surface area contributed by atoms with Crippen LogP contribution in [0.1, 0.15) is 25.8 Å². The first-order chi connectivity index (χ1) is 9.23. The van der Waals surface area contributed by atoms with Crippen LogP contribution in [0.2, 0.25) is 0 Å². The number of nitro benzene ring substituents is 1. The molecule has 0 saturated heterocycles. The Morgan fingerprint density at radius 1 is 1.45 bits per heavy atom. The van der Waals surface area contributed by atoms with E-state index in [1.165, 1.54) is 31.2 Å². The largest absolute Gasteiger partial charge is 0.273 e. The Labute approximate surface area is 117 Å². The van der Waals surface area contributed by atoms with Crippen LogP contribution in [0.3, 0.4) is 0 Å². The molecule has 1 aromatic carbocycles. The zero-order valence-electron chi connectivity index (χ0n) is 11.2. The van der Waals surface area contributed by atoms with Crippen molar-refractivity contribution in [3.05, 3.63) is 39.9 Å². The third-order valence-electron chi connectivity index (χ3n) is 2.87. The van der Waals surface area contributed by atoms with Gasteiger partial charge in [-0.1, -0.05) is 25.1 Å². The van der Waals surface area contributed by atoms with Crippen molar-refractivity contribution >= 4 is 15.7 Å². The first-order valence-corrected chi connectivity index (χ1v) is 7.53. The van der Waals surface area contributed by atoms with Crippen LogP contribution in [0.4, 0.5) is 5.69 Å². The van der Waals surface area contributed by atoms with Crippen LogP contribution in [0.15, 0.2) is 24.3 Å². The zero-order chi connectivity index (χ0) is 15.4. The normalized spacial score (nSPS) is 14.2. The number of nitrogens with one attached hydrogen (secondary N) is 1. The number of sulfonamides is 1. The Kier molecular flexibility index (Phi) is 4.81. The number of nitro groups is 1. The highest BCUT2D eigenvalue weighted by molar-refractivity contribution is 7.88. The number of hydrogen-bond donors (Lipinski definition) is 1. The lowest BCUT2D eigenvalue weighted by Crippen LogP contribution is -2.44. The van der Waals surface area contributed by atoms with Crippen LogP contribution < -0.4 is 4.72 Å². The predicted molar refractivity (Wildman–Crippen MR) is 73.2 cm³/mol. The summed E-state index contributed by atoms with van der Waals surface area (Å²) in [4.78, 5) is 10.2. The fourth-order valence-corrected chi connectivity index (χ4v) is 3.17. The molecule has 7 nitrogen and oxygen atoms in total. The fourth-order valence-electron chi connectivity index (χ4n) is 1.57. The molecule has 0 bridgehead atoms. The van der Waals surface area contributed by atoms with Gasteiger partial charge in [-0.05, 0) is 13.3 Å². The highest BCUT2D eigenvalue weighted by Gasteiger charge is 2.29. The number of para-hydroxylation sites is 1. The molecule has 0 fully saturated rings. The molecule has 0 heterocycles. The van der Waals surface area contributed by atoms with Crippen LogP contribution in [-0.4, -0.2) is 18.9 Å². The lowest BCUT2D eigenvalue weighted by atomic mass is 10.0. The topological polar surface area (TPSA) is 113 Å². The summed E-state index contributed by atoms with van der Waals surface area (Å²) in [5.74, 6) is -0.540. The van der Waals surface area contributed by atoms with E-state index in [2.05, 4.69) is 4.72 Å². The van der Waals surface area contributed by atoms with Crippen molar-refractivity contribution in [1.82, 2.24) is 4.72 Å². The predicted octanol–water partition coefficient (Wildman–Crippen LogP) is 1.71. The molecule has 108 valence electrons. The highest BCUT2D eigenvalue weighted by Crippen LogP contribution is 2.21. The second-order valence-corrected chi connectivity index (χ2v) is 6.27. The number of nitriles is 1. The number of hydrogen-bond acceptors (Lipinski definition) is 5. The summed E-state index contributed by atoms with van der Waals surface area (Å²) in [5.41, 5.74) is -1.39. The van der Waals surface area contributed by atoms with Gasteiger partial charge in [-0.15, -0.1) is 0 Å². The molecule has 20 heavy (non-hydrogen) atoms. The summed E-state index contributed by atoms with van der Waals surface area (Å²) >= 11 is 0. The van der Waals surface area contributed by atoms with Gasteiger partial charge in [0, 0.05) is 11.6 Å². The van der Waals surface area contributed by atoms with Crippen molar-refractivity contribution in [3.63, 3.8) is 0 Å². The van der Waals surface area contributed by atoms with Gasteiger partial charge < -0.3 is 0 Å². The Morgan fingerprint density at radius 3 is 2.55 bits per heavy atom. The Hall–Kier alpha value is -1.98. The third-order valence-corrected chi connectivity index (χ3v) is 4.32. The molecule has 1 aromatic rings. The summed E-state index contributed by atoms with van der Waals surface area (Å²) in [6.07, 6.45) is 0.291. The lowest BCUT2D eigenvalue weighted by molar-refractivity contribution is -0.385. The minimum atomic E-state index is -3.85. The molecule has 0 spiro atoms.